The third-order valence-corrected chi connectivity index (χ3v) is 8.05. The summed E-state index contributed by atoms with van der Waals surface area (Å²) in [6, 6.07) is 5.65. The zero-order chi connectivity index (χ0) is 27.7. The molecule has 212 valence electrons. The molecule has 0 unspecified atom stereocenters. The van der Waals surface area contributed by atoms with Gasteiger partial charge in [0, 0.05) is 58.0 Å². The molecule has 2 aliphatic rings. The lowest BCUT2D eigenvalue weighted by Crippen LogP contribution is -2.46. The van der Waals surface area contributed by atoms with Crippen LogP contribution in [0, 0.1) is 5.92 Å². The van der Waals surface area contributed by atoms with E-state index in [4.69, 9.17) is 10.5 Å². The summed E-state index contributed by atoms with van der Waals surface area (Å²) in [6.45, 7) is 9.88. The van der Waals surface area contributed by atoms with Gasteiger partial charge in [-0.05, 0) is 56.3 Å². The van der Waals surface area contributed by atoms with E-state index in [9.17, 15) is 19.5 Å². The molecule has 1 fully saturated rings. The summed E-state index contributed by atoms with van der Waals surface area (Å²) in [5.74, 6) is -0.901. The highest BCUT2D eigenvalue weighted by Crippen LogP contribution is 2.41. The van der Waals surface area contributed by atoms with E-state index in [1.807, 2.05) is 24.0 Å². The van der Waals surface area contributed by atoms with Crippen molar-refractivity contribution in [2.24, 2.45) is 11.7 Å². The summed E-state index contributed by atoms with van der Waals surface area (Å²) in [5, 5.41) is 10.4. The van der Waals surface area contributed by atoms with Gasteiger partial charge in [-0.15, -0.1) is 0 Å². The number of unbranched alkanes of at least 4 members (excludes halogenated alkanes) is 2. The van der Waals surface area contributed by atoms with Gasteiger partial charge in [0.1, 0.15) is 5.75 Å². The number of carboxylic acids is 1. The maximum absolute atomic E-state index is 13.5. The zero-order valence-electron chi connectivity index (χ0n) is 23.4. The quantitative estimate of drug-likeness (QED) is 0.335. The zero-order valence-corrected chi connectivity index (χ0v) is 23.4. The number of carbonyl (C=O) groups is 3. The van der Waals surface area contributed by atoms with E-state index in [1.165, 1.54) is 6.92 Å². The molecule has 2 heterocycles. The van der Waals surface area contributed by atoms with Gasteiger partial charge in [0.15, 0.2) is 0 Å². The maximum Gasteiger partial charge on any atom is 0.308 e. The fraction of sp³-hybridized carbons (Fsp3) is 0.690. The Kier molecular flexibility index (Phi) is 11.4. The van der Waals surface area contributed by atoms with Crippen LogP contribution in [0.1, 0.15) is 69.9 Å². The van der Waals surface area contributed by atoms with Crippen molar-refractivity contribution in [2.45, 2.75) is 71.3 Å². The van der Waals surface area contributed by atoms with Crippen LogP contribution in [-0.4, -0.2) is 96.1 Å². The summed E-state index contributed by atoms with van der Waals surface area (Å²) >= 11 is 0. The number of ether oxygens (including phenoxy) is 1. The normalized spacial score (nSPS) is 20.7. The minimum Gasteiger partial charge on any atom is -0.493 e. The van der Waals surface area contributed by atoms with Crippen molar-refractivity contribution in [1.29, 1.82) is 0 Å². The van der Waals surface area contributed by atoms with Crippen molar-refractivity contribution in [1.82, 2.24) is 14.7 Å². The lowest BCUT2D eigenvalue weighted by molar-refractivity contribution is -0.144. The Balaban J connectivity index is 1.86. The molecular formula is C29H46N4O5. The highest BCUT2D eigenvalue weighted by molar-refractivity contribution is 5.79. The van der Waals surface area contributed by atoms with Crippen LogP contribution in [0.5, 0.6) is 5.75 Å². The van der Waals surface area contributed by atoms with E-state index in [1.54, 1.807) is 4.90 Å². The van der Waals surface area contributed by atoms with Gasteiger partial charge in [0.05, 0.1) is 19.1 Å². The number of hydrogen-bond donors (Lipinski definition) is 2. The summed E-state index contributed by atoms with van der Waals surface area (Å²) < 4.78 is 5.66. The van der Waals surface area contributed by atoms with Crippen LogP contribution in [0.4, 0.5) is 0 Å². The van der Waals surface area contributed by atoms with Gasteiger partial charge in [0.2, 0.25) is 11.8 Å². The second-order valence-electron chi connectivity index (χ2n) is 10.6. The molecule has 0 bridgehead atoms. The van der Waals surface area contributed by atoms with E-state index in [0.717, 1.165) is 49.0 Å². The van der Waals surface area contributed by atoms with Crippen molar-refractivity contribution in [3.8, 4) is 5.75 Å². The van der Waals surface area contributed by atoms with E-state index >= 15 is 0 Å². The number of likely N-dealkylation sites (tertiary alicyclic amines) is 1. The van der Waals surface area contributed by atoms with Gasteiger partial charge >= 0.3 is 5.97 Å². The molecule has 2 amide bonds. The lowest BCUT2D eigenvalue weighted by Gasteiger charge is -2.31. The van der Waals surface area contributed by atoms with Crippen LogP contribution in [0.25, 0.3) is 0 Å². The summed E-state index contributed by atoms with van der Waals surface area (Å²) in [5.41, 5.74) is 7.76. The summed E-state index contributed by atoms with van der Waals surface area (Å²) in [6.07, 6.45) is 4.97. The van der Waals surface area contributed by atoms with Crippen LogP contribution in [0.15, 0.2) is 18.2 Å². The van der Waals surface area contributed by atoms with Crippen molar-refractivity contribution >= 4 is 17.8 Å². The van der Waals surface area contributed by atoms with Gasteiger partial charge in [-0.2, -0.15) is 0 Å². The number of amides is 2. The number of aliphatic carboxylic acids is 1. The topological polar surface area (TPSA) is 116 Å². The molecule has 0 saturated carbocycles. The standard InChI is InChI=1S/C29H46N4O5/c1-4-6-14-32(15-8-7-13-30)27(35)20-33-19-24(22-9-10-26-23(18-22)12-17-38-26)28(29(36)37)25(33)11-16-31(5-2)21(3)34/h9-10,18,24-25,28H,4-8,11-17,19-20,30H2,1-3H3,(H,36,37)/t24-,25+,28-/m1/s1. The van der Waals surface area contributed by atoms with Crippen LogP contribution in [0.2, 0.25) is 0 Å². The number of rotatable bonds is 15. The number of nitrogens with two attached hydrogens (primary N) is 1. The van der Waals surface area contributed by atoms with Crippen molar-refractivity contribution in [3.63, 3.8) is 0 Å². The SMILES string of the molecule is CCCCN(CCCCN)C(=O)CN1C[C@H](c2ccc3c(c2)CCO3)[C@@H](C(=O)O)[C@@H]1CCN(CC)C(C)=O. The van der Waals surface area contributed by atoms with Crippen molar-refractivity contribution < 1.29 is 24.2 Å². The molecule has 38 heavy (non-hydrogen) atoms. The van der Waals surface area contributed by atoms with Crippen LogP contribution >= 0.6 is 0 Å². The van der Waals surface area contributed by atoms with Crippen LogP contribution < -0.4 is 10.5 Å². The molecule has 0 spiro atoms. The molecular weight excluding hydrogens is 484 g/mol. The largest absolute Gasteiger partial charge is 0.493 e. The molecule has 3 atom stereocenters. The predicted octanol–water partition coefficient (Wildman–Crippen LogP) is 2.72. The second kappa shape index (κ2) is 14.5. The first kappa shape index (κ1) is 29.9. The Bertz CT molecular complexity index is 955. The molecule has 9 heteroatoms. The minimum atomic E-state index is -0.858. The molecule has 2 aliphatic heterocycles. The summed E-state index contributed by atoms with van der Waals surface area (Å²) in [7, 11) is 0. The first-order chi connectivity index (χ1) is 18.3. The molecule has 9 nitrogen and oxygen atoms in total. The number of benzene rings is 1. The fourth-order valence-electron chi connectivity index (χ4n) is 5.88. The molecule has 0 aliphatic carbocycles. The monoisotopic (exact) mass is 530 g/mol. The third-order valence-electron chi connectivity index (χ3n) is 8.05. The van der Waals surface area contributed by atoms with E-state index < -0.39 is 11.9 Å². The Labute approximate surface area is 227 Å². The van der Waals surface area contributed by atoms with E-state index in [0.29, 0.717) is 52.3 Å². The van der Waals surface area contributed by atoms with Gasteiger partial charge < -0.3 is 25.4 Å². The minimum absolute atomic E-state index is 0.0270. The number of carboxylic acid groups (broad SMARTS) is 1. The Morgan fingerprint density at radius 1 is 1.11 bits per heavy atom. The molecule has 3 N–H and O–H groups in total. The van der Waals surface area contributed by atoms with E-state index in [-0.39, 0.29) is 30.3 Å². The van der Waals surface area contributed by atoms with Crippen LogP contribution in [0.3, 0.4) is 0 Å². The Morgan fingerprint density at radius 2 is 1.87 bits per heavy atom. The van der Waals surface area contributed by atoms with Gasteiger partial charge in [0.25, 0.3) is 0 Å². The Morgan fingerprint density at radius 3 is 2.53 bits per heavy atom. The van der Waals surface area contributed by atoms with Crippen molar-refractivity contribution in [2.75, 3.05) is 52.4 Å². The smallest absolute Gasteiger partial charge is 0.308 e. The molecule has 1 aromatic rings. The molecule has 0 radical (unpaired) electrons. The predicted molar refractivity (Wildman–Crippen MR) is 147 cm³/mol. The lowest BCUT2D eigenvalue weighted by atomic mass is 9.83. The molecule has 1 saturated heterocycles. The number of nitrogens with zero attached hydrogens (tertiary/aromatic N) is 3. The maximum atomic E-state index is 13.5. The first-order valence-corrected chi connectivity index (χ1v) is 14.3. The number of fused-ring (bicyclic) bond motifs is 1. The Hall–Kier alpha value is -2.65. The third kappa shape index (κ3) is 7.47. The van der Waals surface area contributed by atoms with Crippen LogP contribution in [-0.2, 0) is 20.8 Å². The van der Waals surface area contributed by atoms with Gasteiger partial charge in [-0.3, -0.25) is 19.3 Å². The second-order valence-corrected chi connectivity index (χ2v) is 10.6. The first-order valence-electron chi connectivity index (χ1n) is 14.3. The molecule has 1 aromatic carbocycles. The fourth-order valence-corrected chi connectivity index (χ4v) is 5.88. The molecule has 0 aromatic heterocycles. The van der Waals surface area contributed by atoms with Crippen molar-refractivity contribution in [3.05, 3.63) is 29.3 Å². The number of hydrogen-bond acceptors (Lipinski definition) is 6. The average Bonchev–Trinajstić information content (AvgIpc) is 3.50. The van der Waals surface area contributed by atoms with Gasteiger partial charge in [-0.25, -0.2) is 0 Å². The molecule has 3 rings (SSSR count). The highest BCUT2D eigenvalue weighted by atomic mass is 16.5. The number of carbonyl (C=O) groups excluding carboxylic acids is 2. The average molecular weight is 531 g/mol. The van der Waals surface area contributed by atoms with Gasteiger partial charge in [-0.1, -0.05) is 25.5 Å². The highest BCUT2D eigenvalue weighted by Gasteiger charge is 2.47. The summed E-state index contributed by atoms with van der Waals surface area (Å²) in [4.78, 5) is 44.1. The van der Waals surface area contributed by atoms with E-state index in [2.05, 4.69) is 17.9 Å².